The molecule has 1 unspecified atom stereocenters. The van der Waals surface area contributed by atoms with E-state index in [2.05, 4.69) is 17.0 Å². The third-order valence-electron chi connectivity index (χ3n) is 5.69. The van der Waals surface area contributed by atoms with Crippen LogP contribution in [0.1, 0.15) is 22.7 Å². The predicted molar refractivity (Wildman–Crippen MR) is 117 cm³/mol. The molecular formula is C25H25F3N2O. The van der Waals surface area contributed by atoms with E-state index in [4.69, 9.17) is 0 Å². The zero-order valence-electron chi connectivity index (χ0n) is 17.3. The van der Waals surface area contributed by atoms with Gasteiger partial charge in [-0.25, -0.2) is 0 Å². The number of fused-ring (bicyclic) bond motifs is 1. The lowest BCUT2D eigenvalue weighted by atomic mass is 9.98. The summed E-state index contributed by atoms with van der Waals surface area (Å²) in [6, 6.07) is 24.9. The number of rotatable bonds is 5. The summed E-state index contributed by atoms with van der Waals surface area (Å²) in [6.07, 6.45) is -7.09. The van der Waals surface area contributed by atoms with Gasteiger partial charge in [-0.1, -0.05) is 72.3 Å². The summed E-state index contributed by atoms with van der Waals surface area (Å²) in [7, 11) is 0. The highest BCUT2D eigenvalue weighted by Crippen LogP contribution is 2.42. The van der Waals surface area contributed by atoms with Crippen LogP contribution in [-0.4, -0.2) is 30.5 Å². The molecule has 0 amide bonds. The van der Waals surface area contributed by atoms with Crippen LogP contribution in [0.5, 0.6) is 0 Å². The lowest BCUT2D eigenvalue weighted by Crippen LogP contribution is -2.49. The molecule has 3 aromatic carbocycles. The first-order chi connectivity index (χ1) is 14.8. The number of β-amino-alcohol motifs (C(OH)–C–C–N with tert-alkyl or cyclic N) is 1. The molecule has 1 aliphatic heterocycles. The number of benzene rings is 3. The number of halogens is 3. The van der Waals surface area contributed by atoms with Gasteiger partial charge in [-0.15, -0.1) is 0 Å². The zero-order chi connectivity index (χ0) is 22.0. The van der Waals surface area contributed by atoms with Crippen molar-refractivity contribution in [1.82, 2.24) is 0 Å². The smallest absolute Gasteiger partial charge is 0.382 e. The molecule has 3 aromatic rings. The maximum Gasteiger partial charge on any atom is 0.416 e. The fraction of sp³-hybridized carbons (Fsp3) is 0.280. The average Bonchev–Trinajstić information content (AvgIpc) is 2.75. The van der Waals surface area contributed by atoms with Crippen molar-refractivity contribution in [1.29, 1.82) is 0 Å². The van der Waals surface area contributed by atoms with Crippen LogP contribution in [0.25, 0.3) is 0 Å². The first-order valence-corrected chi connectivity index (χ1v) is 10.3. The molecule has 1 N–H and O–H groups in total. The first kappa shape index (κ1) is 21.2. The monoisotopic (exact) mass is 426 g/mol. The Kier molecular flexibility index (Phi) is 5.92. The molecule has 0 aliphatic carbocycles. The number of para-hydroxylation sites is 2. The zero-order valence-corrected chi connectivity index (χ0v) is 17.3. The molecule has 1 heterocycles. The third kappa shape index (κ3) is 4.69. The minimum absolute atomic E-state index is 0.321. The number of aryl methyl sites for hydroxylation is 1. The van der Waals surface area contributed by atoms with Crippen molar-refractivity contribution < 1.29 is 18.3 Å². The molecule has 1 aliphatic rings. The largest absolute Gasteiger partial charge is 0.416 e. The lowest BCUT2D eigenvalue weighted by molar-refractivity contribution is -0.200. The summed E-state index contributed by atoms with van der Waals surface area (Å²) in [5.74, 6) is 0. The van der Waals surface area contributed by atoms with Crippen molar-refractivity contribution in [3.63, 3.8) is 0 Å². The maximum atomic E-state index is 13.2. The van der Waals surface area contributed by atoms with E-state index >= 15 is 0 Å². The van der Waals surface area contributed by atoms with E-state index in [0.717, 1.165) is 22.4 Å². The number of alkyl halides is 3. The molecule has 0 spiro atoms. The second-order valence-electron chi connectivity index (χ2n) is 7.99. The van der Waals surface area contributed by atoms with Crippen molar-refractivity contribution in [2.45, 2.75) is 31.8 Å². The second kappa shape index (κ2) is 8.63. The molecule has 0 radical (unpaired) electrons. The summed E-state index contributed by atoms with van der Waals surface area (Å²) in [6.45, 7) is 2.69. The molecule has 2 atom stereocenters. The normalized spacial score (nSPS) is 17.4. The standard InChI is InChI=1S/C25H25F3N2O/c1-18-8-7-9-19(14-18)15-29-16-23(20-10-3-2-4-11-20)30(17-24(31)25(26,27)28)22-13-6-5-12-21(22)29/h2-14,23-24,31H,15-17H2,1H3/t23?,24-/m1/s1. The first-order valence-electron chi connectivity index (χ1n) is 10.3. The second-order valence-corrected chi connectivity index (χ2v) is 7.99. The number of aliphatic hydroxyl groups excluding tert-OH is 1. The van der Waals surface area contributed by atoms with E-state index in [9.17, 15) is 18.3 Å². The quantitative estimate of drug-likeness (QED) is 0.585. The van der Waals surface area contributed by atoms with E-state index in [1.807, 2.05) is 73.7 Å². The number of nitrogens with zero attached hydrogens (tertiary/aromatic N) is 2. The Labute approximate surface area is 180 Å². The highest BCUT2D eigenvalue weighted by Gasteiger charge is 2.42. The fourth-order valence-corrected chi connectivity index (χ4v) is 4.20. The van der Waals surface area contributed by atoms with E-state index < -0.39 is 18.8 Å². The van der Waals surface area contributed by atoms with Gasteiger partial charge in [0.2, 0.25) is 0 Å². The summed E-state index contributed by atoms with van der Waals surface area (Å²) in [5, 5.41) is 9.88. The van der Waals surface area contributed by atoms with Crippen LogP contribution in [0.15, 0.2) is 78.9 Å². The molecule has 31 heavy (non-hydrogen) atoms. The predicted octanol–water partition coefficient (Wildman–Crippen LogP) is 5.49. The highest BCUT2D eigenvalue weighted by atomic mass is 19.4. The van der Waals surface area contributed by atoms with Crippen molar-refractivity contribution in [3.8, 4) is 0 Å². The van der Waals surface area contributed by atoms with Crippen molar-refractivity contribution in [2.75, 3.05) is 22.9 Å². The summed E-state index contributed by atoms with van der Waals surface area (Å²) in [5.41, 5.74) is 4.78. The SMILES string of the molecule is Cc1cccc(CN2CC(c3ccccc3)N(C[C@@H](O)C(F)(F)F)c3ccccc32)c1. The summed E-state index contributed by atoms with van der Waals surface area (Å²) in [4.78, 5) is 3.90. The Morgan fingerprint density at radius 2 is 1.61 bits per heavy atom. The molecule has 0 bridgehead atoms. The van der Waals surface area contributed by atoms with E-state index in [-0.39, 0.29) is 6.04 Å². The highest BCUT2D eigenvalue weighted by molar-refractivity contribution is 5.74. The van der Waals surface area contributed by atoms with Gasteiger partial charge in [-0.3, -0.25) is 0 Å². The Hall–Kier alpha value is -2.99. The van der Waals surface area contributed by atoms with Gasteiger partial charge in [0, 0.05) is 13.1 Å². The van der Waals surface area contributed by atoms with Crippen molar-refractivity contribution in [3.05, 3.63) is 95.6 Å². The Morgan fingerprint density at radius 3 is 2.29 bits per heavy atom. The van der Waals surface area contributed by atoms with Crippen molar-refractivity contribution in [2.24, 2.45) is 0 Å². The molecule has 6 heteroatoms. The Bertz CT molecular complexity index is 1020. The van der Waals surface area contributed by atoms with Gasteiger partial charge in [0.1, 0.15) is 0 Å². The molecule has 3 nitrogen and oxygen atoms in total. The van der Waals surface area contributed by atoms with Crippen molar-refractivity contribution >= 4 is 11.4 Å². The Balaban J connectivity index is 1.75. The van der Waals surface area contributed by atoms with Gasteiger partial charge in [-0.05, 0) is 30.2 Å². The number of hydrogen-bond acceptors (Lipinski definition) is 3. The molecule has 4 rings (SSSR count). The van der Waals surface area contributed by atoms with Crippen LogP contribution >= 0.6 is 0 Å². The average molecular weight is 426 g/mol. The minimum atomic E-state index is -4.67. The number of hydrogen-bond donors (Lipinski definition) is 1. The lowest BCUT2D eigenvalue weighted by Gasteiger charge is -2.45. The van der Waals surface area contributed by atoms with Crippen LogP contribution in [-0.2, 0) is 6.54 Å². The van der Waals surface area contributed by atoms with Gasteiger partial charge in [0.05, 0.1) is 24.0 Å². The van der Waals surface area contributed by atoms with E-state index in [1.165, 1.54) is 0 Å². The van der Waals surface area contributed by atoms with Crippen LogP contribution in [0.3, 0.4) is 0 Å². The minimum Gasteiger partial charge on any atom is -0.382 e. The van der Waals surface area contributed by atoms with Crippen LogP contribution < -0.4 is 9.80 Å². The molecular weight excluding hydrogens is 401 g/mol. The number of aliphatic hydroxyl groups is 1. The van der Waals surface area contributed by atoms with Gasteiger partial charge < -0.3 is 14.9 Å². The molecule has 162 valence electrons. The molecule has 0 saturated carbocycles. The summed E-state index contributed by atoms with van der Waals surface area (Å²) >= 11 is 0. The van der Waals surface area contributed by atoms with Gasteiger partial charge >= 0.3 is 6.18 Å². The third-order valence-corrected chi connectivity index (χ3v) is 5.69. The maximum absolute atomic E-state index is 13.2. The topological polar surface area (TPSA) is 26.7 Å². The van der Waals surface area contributed by atoms with Crippen LogP contribution in [0.4, 0.5) is 24.5 Å². The number of anilines is 2. The molecule has 0 fully saturated rings. The van der Waals surface area contributed by atoms with Crippen LogP contribution in [0.2, 0.25) is 0 Å². The van der Waals surface area contributed by atoms with Gasteiger partial charge in [0.25, 0.3) is 0 Å². The van der Waals surface area contributed by atoms with Gasteiger partial charge in [0.15, 0.2) is 6.10 Å². The molecule has 0 saturated heterocycles. The fourth-order valence-electron chi connectivity index (χ4n) is 4.20. The van der Waals surface area contributed by atoms with E-state index in [1.54, 1.807) is 4.90 Å². The summed E-state index contributed by atoms with van der Waals surface area (Å²) < 4.78 is 39.7. The van der Waals surface area contributed by atoms with Crippen LogP contribution in [0, 0.1) is 6.92 Å². The van der Waals surface area contributed by atoms with Gasteiger partial charge in [-0.2, -0.15) is 13.2 Å². The Morgan fingerprint density at radius 1 is 0.935 bits per heavy atom. The molecule has 0 aromatic heterocycles. The van der Waals surface area contributed by atoms with E-state index in [0.29, 0.717) is 18.8 Å².